The summed E-state index contributed by atoms with van der Waals surface area (Å²) in [6.07, 6.45) is 14.4. The van der Waals surface area contributed by atoms with Crippen molar-refractivity contribution in [3.63, 3.8) is 0 Å². The SMILES string of the molecule is C[C@@H](c1ccccc1)c1cn(CCCCc2ccc(CCCCn3cc([C@@H](NC(=O)[C@@H]4CC[C@@H]5CCCC[C@H](NC(=O)[C@H](C)NCCO)C(=O)N54)c4ccccc4)nn3)cc2)nn1. The van der Waals surface area contributed by atoms with Crippen molar-refractivity contribution in [3.05, 3.63) is 131 Å². The van der Waals surface area contributed by atoms with Crippen LogP contribution in [0.3, 0.4) is 0 Å². The lowest BCUT2D eigenvalue weighted by Crippen LogP contribution is -2.58. The summed E-state index contributed by atoms with van der Waals surface area (Å²) in [4.78, 5) is 43.0. The predicted molar refractivity (Wildman–Crippen MR) is 241 cm³/mol. The summed E-state index contributed by atoms with van der Waals surface area (Å²) in [6.45, 7) is 5.63. The Hall–Kier alpha value is -5.73. The van der Waals surface area contributed by atoms with Crippen molar-refractivity contribution in [2.45, 2.75) is 140 Å². The van der Waals surface area contributed by atoms with Crippen molar-refractivity contribution < 1.29 is 19.5 Å². The smallest absolute Gasteiger partial charge is 0.246 e. The highest BCUT2D eigenvalue weighted by Crippen LogP contribution is 2.32. The van der Waals surface area contributed by atoms with Crippen LogP contribution < -0.4 is 16.0 Å². The Morgan fingerprint density at radius 2 is 1.32 bits per heavy atom. The molecule has 2 aliphatic heterocycles. The van der Waals surface area contributed by atoms with Gasteiger partial charge in [-0.3, -0.25) is 23.7 Å². The minimum atomic E-state index is -0.715. The number of hydrogen-bond acceptors (Lipinski definition) is 9. The maximum atomic E-state index is 14.2. The third-order valence-electron chi connectivity index (χ3n) is 12.7. The molecule has 0 unspecified atom stereocenters. The van der Waals surface area contributed by atoms with E-state index < -0.39 is 24.2 Å². The predicted octanol–water partition coefficient (Wildman–Crippen LogP) is 5.66. The number of aromatic nitrogens is 6. The Balaban J connectivity index is 0.878. The standard InChI is InChI=1S/C49H64N10O4/c1-35(39-17-5-3-6-18-39)43-33-57(55-53-43)30-13-11-15-37-23-25-38(26-24-37)16-12-14-31-58-34-44(54-56-58)46(40-19-7-4-8-20-40)52-48(62)45-28-27-41-21-9-10-22-42(49(63)59(41)45)51-47(61)36(2)50-29-32-60/h3-8,17-20,23-26,33-36,41-42,45-46,50,60H,9-16,21-22,27-32H2,1-2H3,(H,51,61)(H,52,62)/t35-,36-,41-,42-,45-,46-/m0/s1. The Labute approximate surface area is 371 Å². The fourth-order valence-corrected chi connectivity index (χ4v) is 8.97. The second kappa shape index (κ2) is 22.6. The number of rotatable bonds is 21. The van der Waals surface area contributed by atoms with Gasteiger partial charge in [-0.15, -0.1) is 10.2 Å². The molecule has 0 radical (unpaired) electrons. The number of hydrogen-bond donors (Lipinski definition) is 4. The highest BCUT2D eigenvalue weighted by Gasteiger charge is 2.44. The van der Waals surface area contributed by atoms with Crippen molar-refractivity contribution in [2.24, 2.45) is 0 Å². The molecule has 334 valence electrons. The van der Waals surface area contributed by atoms with Crippen LogP contribution in [0.25, 0.3) is 0 Å². The highest BCUT2D eigenvalue weighted by molar-refractivity contribution is 5.94. The molecule has 0 saturated carbocycles. The molecule has 5 aromatic rings. The van der Waals surface area contributed by atoms with Crippen LogP contribution in [0.15, 0.2) is 97.3 Å². The fraction of sp³-hybridized carbons (Fsp3) is 0.490. The topological polar surface area (TPSA) is 172 Å². The van der Waals surface area contributed by atoms with E-state index in [0.29, 0.717) is 25.1 Å². The first kappa shape index (κ1) is 45.3. The molecule has 2 aliphatic rings. The molecular weight excluding hydrogens is 793 g/mol. The van der Waals surface area contributed by atoms with E-state index in [-0.39, 0.29) is 42.8 Å². The third-order valence-corrected chi connectivity index (χ3v) is 12.7. The molecule has 6 atom stereocenters. The quantitative estimate of drug-likeness (QED) is 0.0680. The zero-order valence-corrected chi connectivity index (χ0v) is 36.8. The molecule has 2 fully saturated rings. The van der Waals surface area contributed by atoms with Crippen LogP contribution in [0, 0.1) is 0 Å². The molecule has 4 N–H and O–H groups in total. The van der Waals surface area contributed by atoms with Crippen molar-refractivity contribution in [1.29, 1.82) is 0 Å². The van der Waals surface area contributed by atoms with E-state index >= 15 is 0 Å². The summed E-state index contributed by atoms with van der Waals surface area (Å²) in [6, 6.07) is 26.6. The number of carbonyl (C=O) groups is 3. The summed E-state index contributed by atoms with van der Waals surface area (Å²) in [5.41, 5.74) is 6.43. The lowest BCUT2D eigenvalue weighted by atomic mass is 9.98. The molecule has 14 heteroatoms. The normalized spacial score (nSPS) is 19.1. The molecule has 0 aliphatic carbocycles. The summed E-state index contributed by atoms with van der Waals surface area (Å²) in [5.74, 6) is -0.526. The first-order chi connectivity index (χ1) is 30.8. The first-order valence-corrected chi connectivity index (χ1v) is 23.0. The van der Waals surface area contributed by atoms with E-state index in [4.69, 9.17) is 0 Å². The van der Waals surface area contributed by atoms with Crippen LogP contribution in [0.5, 0.6) is 0 Å². The van der Waals surface area contributed by atoms with Crippen molar-refractivity contribution in [2.75, 3.05) is 13.2 Å². The molecule has 14 nitrogen and oxygen atoms in total. The number of unbranched alkanes of at least 4 members (excludes halogenated alkanes) is 2. The monoisotopic (exact) mass is 857 g/mol. The first-order valence-electron chi connectivity index (χ1n) is 23.0. The van der Waals surface area contributed by atoms with Gasteiger partial charge in [0.1, 0.15) is 17.8 Å². The minimum Gasteiger partial charge on any atom is -0.395 e. The molecular formula is C49H64N10O4. The molecule has 63 heavy (non-hydrogen) atoms. The molecule has 3 amide bonds. The zero-order chi connectivity index (χ0) is 44.0. The lowest BCUT2D eigenvalue weighted by molar-refractivity contribution is -0.144. The van der Waals surface area contributed by atoms with Crippen LogP contribution in [0.1, 0.15) is 124 Å². The van der Waals surface area contributed by atoms with E-state index in [1.807, 2.05) is 52.0 Å². The van der Waals surface area contributed by atoms with Crippen molar-refractivity contribution in [1.82, 2.24) is 50.8 Å². The van der Waals surface area contributed by atoms with Gasteiger partial charge in [0.2, 0.25) is 17.7 Å². The molecule has 2 aromatic heterocycles. The fourth-order valence-electron chi connectivity index (χ4n) is 8.97. The van der Waals surface area contributed by atoms with Crippen LogP contribution in [0.4, 0.5) is 0 Å². The number of nitrogens with one attached hydrogen (secondary N) is 3. The van der Waals surface area contributed by atoms with Gasteiger partial charge < -0.3 is 26.0 Å². The Morgan fingerprint density at radius 3 is 1.95 bits per heavy atom. The van der Waals surface area contributed by atoms with Crippen LogP contribution in [-0.4, -0.2) is 95.0 Å². The van der Waals surface area contributed by atoms with E-state index in [2.05, 4.69) is 98.2 Å². The summed E-state index contributed by atoms with van der Waals surface area (Å²) >= 11 is 0. The number of aliphatic hydroxyl groups excluding tert-OH is 1. The highest BCUT2D eigenvalue weighted by atomic mass is 16.3. The lowest BCUT2D eigenvalue weighted by Gasteiger charge is -2.36. The third kappa shape index (κ3) is 12.3. The van der Waals surface area contributed by atoms with Gasteiger partial charge in [-0.2, -0.15) is 0 Å². The van der Waals surface area contributed by atoms with Crippen LogP contribution in [-0.2, 0) is 40.3 Å². The number of fused-ring (bicyclic) bond motifs is 1. The number of benzene rings is 3. The van der Waals surface area contributed by atoms with Crippen molar-refractivity contribution in [3.8, 4) is 0 Å². The van der Waals surface area contributed by atoms with Gasteiger partial charge in [0.15, 0.2) is 0 Å². The summed E-state index contributed by atoms with van der Waals surface area (Å²) < 4.78 is 3.81. The van der Waals surface area contributed by atoms with Gasteiger partial charge in [0, 0.05) is 37.8 Å². The number of carbonyl (C=O) groups excluding carboxylic acids is 3. The van der Waals surface area contributed by atoms with Crippen LogP contribution >= 0.6 is 0 Å². The number of amides is 3. The molecule has 0 spiro atoms. The maximum absolute atomic E-state index is 14.2. The molecule has 0 bridgehead atoms. The van der Waals surface area contributed by atoms with Gasteiger partial charge >= 0.3 is 0 Å². The Bertz CT molecular complexity index is 2190. The zero-order valence-electron chi connectivity index (χ0n) is 36.8. The van der Waals surface area contributed by atoms with E-state index in [9.17, 15) is 19.5 Å². The van der Waals surface area contributed by atoms with Crippen molar-refractivity contribution >= 4 is 17.7 Å². The van der Waals surface area contributed by atoms with E-state index in [1.165, 1.54) is 16.7 Å². The maximum Gasteiger partial charge on any atom is 0.246 e. The number of nitrogens with zero attached hydrogens (tertiary/aromatic N) is 7. The Morgan fingerprint density at radius 1 is 0.730 bits per heavy atom. The second-order valence-electron chi connectivity index (χ2n) is 17.3. The second-order valence-corrected chi connectivity index (χ2v) is 17.3. The average molecular weight is 857 g/mol. The van der Waals surface area contributed by atoms with Gasteiger partial charge in [0.05, 0.1) is 30.6 Å². The van der Waals surface area contributed by atoms with Gasteiger partial charge in [-0.25, -0.2) is 0 Å². The van der Waals surface area contributed by atoms with Gasteiger partial charge in [-0.05, 0) is 93.4 Å². The summed E-state index contributed by atoms with van der Waals surface area (Å²) in [7, 11) is 0. The average Bonchev–Trinajstić information content (AvgIpc) is 4.09. The molecule has 3 aromatic carbocycles. The Kier molecular flexibility index (Phi) is 16.2. The number of aliphatic hydroxyl groups is 1. The van der Waals surface area contributed by atoms with Crippen LogP contribution in [0.2, 0.25) is 0 Å². The molecule has 7 rings (SSSR count). The minimum absolute atomic E-state index is 0.0575. The van der Waals surface area contributed by atoms with Gasteiger partial charge in [0.25, 0.3) is 0 Å². The van der Waals surface area contributed by atoms with E-state index in [1.54, 1.807) is 11.8 Å². The summed E-state index contributed by atoms with van der Waals surface area (Å²) in [5, 5.41) is 36.1. The largest absolute Gasteiger partial charge is 0.395 e. The number of aryl methyl sites for hydroxylation is 4. The van der Waals surface area contributed by atoms with Gasteiger partial charge in [-0.1, -0.05) is 115 Å². The molecule has 2 saturated heterocycles. The molecule has 4 heterocycles. The van der Waals surface area contributed by atoms with E-state index in [0.717, 1.165) is 82.0 Å².